The van der Waals surface area contributed by atoms with Gasteiger partial charge in [-0.25, -0.2) is 8.42 Å². The van der Waals surface area contributed by atoms with Gasteiger partial charge in [-0.1, -0.05) is 48.0 Å². The number of nitrogens with zero attached hydrogens (tertiary/aromatic N) is 2. The van der Waals surface area contributed by atoms with Gasteiger partial charge in [-0.15, -0.1) is 0 Å². The van der Waals surface area contributed by atoms with Crippen molar-refractivity contribution in [2.75, 3.05) is 38.0 Å². The van der Waals surface area contributed by atoms with Crippen LogP contribution in [0.4, 0.5) is 5.69 Å². The van der Waals surface area contributed by atoms with Crippen molar-refractivity contribution in [3.05, 3.63) is 89.5 Å². The number of benzene rings is 3. The number of carbonyl (C=O) groups is 1. The van der Waals surface area contributed by atoms with Gasteiger partial charge in [0.05, 0.1) is 17.7 Å². The van der Waals surface area contributed by atoms with Crippen molar-refractivity contribution in [2.24, 2.45) is 0 Å². The number of hydrogen-bond acceptors (Lipinski definition) is 5. The van der Waals surface area contributed by atoms with Crippen LogP contribution in [0.3, 0.4) is 0 Å². The summed E-state index contributed by atoms with van der Waals surface area (Å²) in [6, 6.07) is 21.5. The summed E-state index contributed by atoms with van der Waals surface area (Å²) in [6.07, 6.45) is 0.866. The van der Waals surface area contributed by atoms with Crippen LogP contribution in [0.15, 0.2) is 77.7 Å². The summed E-state index contributed by atoms with van der Waals surface area (Å²) in [5, 5.41) is 0. The molecule has 4 rings (SSSR count). The molecule has 3 aromatic carbocycles. The standard InChI is InChI=1S/C27H31N3O4S/c1-21-11-13-22(14-12-21)20-29-15-6-16-30(18-17-29)27(31)23-7-5-8-24(19-23)35(32,33)28-25-9-3-4-10-26(25)34-2/h3-5,7-14,19,28H,6,15-18,20H2,1-2H3. The van der Waals surface area contributed by atoms with Crippen LogP contribution in [-0.4, -0.2) is 57.4 Å². The molecule has 1 saturated heterocycles. The highest BCUT2D eigenvalue weighted by Crippen LogP contribution is 2.26. The van der Waals surface area contributed by atoms with Gasteiger partial charge in [0.2, 0.25) is 0 Å². The Kier molecular flexibility index (Phi) is 7.73. The minimum Gasteiger partial charge on any atom is -0.495 e. The molecular formula is C27H31N3O4S. The van der Waals surface area contributed by atoms with Gasteiger partial charge in [0.25, 0.3) is 15.9 Å². The SMILES string of the molecule is COc1ccccc1NS(=O)(=O)c1cccc(C(=O)N2CCCN(Cc3ccc(C)cc3)CC2)c1. The van der Waals surface area contributed by atoms with E-state index in [0.717, 1.165) is 26.1 Å². The van der Waals surface area contributed by atoms with Crippen LogP contribution in [0, 0.1) is 6.92 Å². The number of hydrogen-bond donors (Lipinski definition) is 1. The molecule has 0 saturated carbocycles. The average Bonchev–Trinajstić information content (AvgIpc) is 3.11. The van der Waals surface area contributed by atoms with Gasteiger partial charge in [-0.05, 0) is 49.2 Å². The molecule has 1 aliphatic heterocycles. The van der Waals surface area contributed by atoms with Crippen molar-refractivity contribution < 1.29 is 17.9 Å². The van der Waals surface area contributed by atoms with Gasteiger partial charge in [-0.3, -0.25) is 14.4 Å². The Morgan fingerprint density at radius 1 is 0.943 bits per heavy atom. The fourth-order valence-corrected chi connectivity index (χ4v) is 5.31. The highest BCUT2D eigenvalue weighted by atomic mass is 32.2. The van der Waals surface area contributed by atoms with Crippen molar-refractivity contribution >= 4 is 21.6 Å². The highest BCUT2D eigenvalue weighted by molar-refractivity contribution is 7.92. The topological polar surface area (TPSA) is 78.9 Å². The van der Waals surface area contributed by atoms with Crippen LogP contribution in [0.5, 0.6) is 5.75 Å². The lowest BCUT2D eigenvalue weighted by molar-refractivity contribution is 0.0761. The van der Waals surface area contributed by atoms with Crippen LogP contribution in [0.1, 0.15) is 27.9 Å². The summed E-state index contributed by atoms with van der Waals surface area (Å²) < 4.78 is 33.8. The first-order valence-corrected chi connectivity index (χ1v) is 13.2. The van der Waals surface area contributed by atoms with Crippen LogP contribution in [0.2, 0.25) is 0 Å². The number of aryl methyl sites for hydroxylation is 1. The second-order valence-corrected chi connectivity index (χ2v) is 10.4. The Balaban J connectivity index is 1.44. The number of carbonyl (C=O) groups excluding carboxylic acids is 1. The van der Waals surface area contributed by atoms with Crippen LogP contribution >= 0.6 is 0 Å². The number of sulfonamides is 1. The predicted molar refractivity (Wildman–Crippen MR) is 137 cm³/mol. The fraction of sp³-hybridized carbons (Fsp3) is 0.296. The molecule has 35 heavy (non-hydrogen) atoms. The largest absolute Gasteiger partial charge is 0.495 e. The van der Waals surface area contributed by atoms with Gasteiger partial charge in [0.15, 0.2) is 0 Å². The minimum atomic E-state index is -3.90. The van der Waals surface area contributed by atoms with E-state index in [1.165, 1.54) is 30.4 Å². The zero-order valence-electron chi connectivity index (χ0n) is 20.1. The molecule has 0 aliphatic carbocycles. The lowest BCUT2D eigenvalue weighted by atomic mass is 10.1. The minimum absolute atomic E-state index is 0.0325. The second-order valence-electron chi connectivity index (χ2n) is 8.74. The van der Waals surface area contributed by atoms with E-state index in [1.807, 2.05) is 4.90 Å². The molecule has 0 radical (unpaired) electrons. The highest BCUT2D eigenvalue weighted by Gasteiger charge is 2.23. The zero-order chi connectivity index (χ0) is 24.8. The molecule has 1 heterocycles. The van der Waals surface area contributed by atoms with Crippen molar-refractivity contribution in [2.45, 2.75) is 24.8 Å². The van der Waals surface area contributed by atoms with E-state index < -0.39 is 10.0 Å². The van der Waals surface area contributed by atoms with E-state index in [2.05, 4.69) is 40.8 Å². The molecule has 0 unspecified atom stereocenters. The first-order valence-electron chi connectivity index (χ1n) is 11.7. The molecule has 0 aromatic heterocycles. The van der Waals surface area contributed by atoms with E-state index in [0.29, 0.717) is 30.1 Å². The summed E-state index contributed by atoms with van der Waals surface area (Å²) in [4.78, 5) is 17.5. The van der Waals surface area contributed by atoms with Gasteiger partial charge in [0, 0.05) is 38.3 Å². The number of ether oxygens (including phenoxy) is 1. The average molecular weight is 494 g/mol. The van der Waals surface area contributed by atoms with E-state index in [9.17, 15) is 13.2 Å². The number of rotatable bonds is 7. The van der Waals surface area contributed by atoms with Gasteiger partial charge in [0.1, 0.15) is 5.75 Å². The molecule has 1 aliphatic rings. The predicted octanol–water partition coefficient (Wildman–Crippen LogP) is 4.15. The van der Waals surface area contributed by atoms with E-state index in [4.69, 9.17) is 4.74 Å². The first-order chi connectivity index (χ1) is 16.9. The normalized spacial score (nSPS) is 14.9. The third kappa shape index (κ3) is 6.21. The van der Waals surface area contributed by atoms with Crippen molar-refractivity contribution in [3.8, 4) is 5.75 Å². The molecule has 0 bridgehead atoms. The Bertz CT molecular complexity index is 1280. The van der Waals surface area contributed by atoms with Crippen LogP contribution < -0.4 is 9.46 Å². The summed E-state index contributed by atoms with van der Waals surface area (Å²) in [5.41, 5.74) is 3.20. The summed E-state index contributed by atoms with van der Waals surface area (Å²) in [7, 11) is -2.41. The molecule has 1 amide bonds. The molecule has 3 aromatic rings. The van der Waals surface area contributed by atoms with Gasteiger partial charge >= 0.3 is 0 Å². The monoisotopic (exact) mass is 493 g/mol. The Morgan fingerprint density at radius 3 is 2.49 bits per heavy atom. The fourth-order valence-electron chi connectivity index (χ4n) is 4.20. The molecular weight excluding hydrogens is 462 g/mol. The van der Waals surface area contributed by atoms with E-state index in [-0.39, 0.29) is 10.8 Å². The van der Waals surface area contributed by atoms with E-state index in [1.54, 1.807) is 36.4 Å². The van der Waals surface area contributed by atoms with Gasteiger partial charge < -0.3 is 9.64 Å². The summed E-state index contributed by atoms with van der Waals surface area (Å²) in [5.74, 6) is 0.264. The smallest absolute Gasteiger partial charge is 0.262 e. The molecule has 1 N–H and O–H groups in total. The van der Waals surface area contributed by atoms with Crippen LogP contribution in [0.25, 0.3) is 0 Å². The zero-order valence-corrected chi connectivity index (χ0v) is 20.9. The number of para-hydroxylation sites is 2. The van der Waals surface area contributed by atoms with Crippen molar-refractivity contribution in [3.63, 3.8) is 0 Å². The van der Waals surface area contributed by atoms with Crippen molar-refractivity contribution in [1.82, 2.24) is 9.80 Å². The molecule has 184 valence electrons. The van der Waals surface area contributed by atoms with E-state index >= 15 is 0 Å². The summed E-state index contributed by atoms with van der Waals surface area (Å²) >= 11 is 0. The Hall–Kier alpha value is -3.36. The maximum Gasteiger partial charge on any atom is 0.262 e. The molecule has 0 atom stereocenters. The molecule has 0 spiro atoms. The molecule has 8 heteroatoms. The Morgan fingerprint density at radius 2 is 1.71 bits per heavy atom. The van der Waals surface area contributed by atoms with Crippen LogP contribution in [-0.2, 0) is 16.6 Å². The number of anilines is 1. The maximum absolute atomic E-state index is 13.3. The third-order valence-electron chi connectivity index (χ3n) is 6.15. The molecule has 1 fully saturated rings. The second kappa shape index (κ2) is 10.9. The summed E-state index contributed by atoms with van der Waals surface area (Å²) in [6.45, 7) is 5.85. The molecule has 7 nitrogen and oxygen atoms in total. The third-order valence-corrected chi connectivity index (χ3v) is 7.51. The van der Waals surface area contributed by atoms with Crippen molar-refractivity contribution in [1.29, 1.82) is 0 Å². The first kappa shape index (κ1) is 24.8. The quantitative estimate of drug-likeness (QED) is 0.535. The maximum atomic E-state index is 13.3. The Labute approximate surface area is 207 Å². The number of nitrogens with one attached hydrogen (secondary N) is 1. The van der Waals surface area contributed by atoms with Gasteiger partial charge in [-0.2, -0.15) is 0 Å². The number of amides is 1. The lowest BCUT2D eigenvalue weighted by Crippen LogP contribution is -2.35. The number of methoxy groups -OCH3 is 1. The lowest BCUT2D eigenvalue weighted by Gasteiger charge is -2.22.